The predicted molar refractivity (Wildman–Crippen MR) is 93.7 cm³/mol. The molecular weight excluding hydrogens is 368 g/mol. The number of nitrogens with zero attached hydrogens (tertiary/aromatic N) is 4. The summed E-state index contributed by atoms with van der Waals surface area (Å²) >= 11 is 0. The number of hydrogen-bond donors (Lipinski definition) is 4. The van der Waals surface area contributed by atoms with E-state index in [0.29, 0.717) is 0 Å². The molecule has 12 nitrogen and oxygen atoms in total. The van der Waals surface area contributed by atoms with Gasteiger partial charge in [0.2, 0.25) is 23.6 Å². The average molecular weight is 388 g/mol. The summed E-state index contributed by atoms with van der Waals surface area (Å²) in [5, 5.41) is 7.91. The number of hydrogen-bond acceptors (Lipinski definition) is 6. The topological polar surface area (TPSA) is 152 Å². The first-order valence-corrected chi connectivity index (χ1v) is 8.50. The van der Waals surface area contributed by atoms with Crippen LogP contribution in [-0.4, -0.2) is 43.2 Å². The van der Waals surface area contributed by atoms with Crippen molar-refractivity contribution in [1.82, 2.24) is 41.3 Å². The van der Waals surface area contributed by atoms with Crippen molar-refractivity contribution >= 4 is 23.6 Å². The van der Waals surface area contributed by atoms with Crippen molar-refractivity contribution in [3.8, 4) is 0 Å². The minimum absolute atomic E-state index is 0.172. The minimum Gasteiger partial charge on any atom is -0.273 e. The van der Waals surface area contributed by atoms with E-state index in [-0.39, 0.29) is 36.5 Å². The fraction of sp³-hybridized carbons (Fsp3) is 0.375. The quantitative estimate of drug-likeness (QED) is 0.472. The van der Waals surface area contributed by atoms with Gasteiger partial charge in [-0.2, -0.15) is 10.2 Å². The van der Waals surface area contributed by atoms with Crippen molar-refractivity contribution in [1.29, 1.82) is 0 Å². The monoisotopic (exact) mass is 388 g/mol. The van der Waals surface area contributed by atoms with Gasteiger partial charge in [-0.3, -0.25) is 50.2 Å². The summed E-state index contributed by atoms with van der Waals surface area (Å²) in [5.74, 6) is -1.64. The van der Waals surface area contributed by atoms with Crippen LogP contribution in [0, 0.1) is 0 Å². The normalized spacial score (nSPS) is 21.6. The van der Waals surface area contributed by atoms with Gasteiger partial charge in [0, 0.05) is 39.3 Å². The number of aryl methyl sites for hydroxylation is 2. The van der Waals surface area contributed by atoms with E-state index < -0.39 is 11.8 Å². The van der Waals surface area contributed by atoms with Crippen LogP contribution in [0.3, 0.4) is 0 Å². The third-order valence-corrected chi connectivity index (χ3v) is 4.49. The zero-order chi connectivity index (χ0) is 20.3. The maximum atomic E-state index is 11.4. The van der Waals surface area contributed by atoms with Crippen LogP contribution >= 0.6 is 0 Å². The van der Waals surface area contributed by atoms with Crippen molar-refractivity contribution < 1.29 is 19.2 Å². The molecule has 148 valence electrons. The van der Waals surface area contributed by atoms with Crippen molar-refractivity contribution in [2.75, 3.05) is 0 Å². The molecule has 12 heteroatoms. The molecule has 0 aromatic carbocycles. The molecule has 0 radical (unpaired) electrons. The largest absolute Gasteiger partial charge is 0.273 e. The number of carbonyl (C=O) groups is 4. The molecule has 2 aliphatic rings. The van der Waals surface area contributed by atoms with Gasteiger partial charge in [0.25, 0.3) is 0 Å². The number of hydrazine groups is 2. The number of amides is 4. The molecule has 2 atom stereocenters. The summed E-state index contributed by atoms with van der Waals surface area (Å²) < 4.78 is 3.20. The molecule has 2 fully saturated rings. The van der Waals surface area contributed by atoms with Gasteiger partial charge in [-0.1, -0.05) is 0 Å². The second kappa shape index (κ2) is 7.90. The van der Waals surface area contributed by atoms with E-state index in [1.54, 1.807) is 48.0 Å². The molecule has 2 saturated heterocycles. The lowest BCUT2D eigenvalue weighted by molar-refractivity contribution is -0.135. The number of rotatable bonds is 2. The van der Waals surface area contributed by atoms with E-state index in [0.717, 1.165) is 11.4 Å². The Kier molecular flexibility index (Phi) is 5.38. The Morgan fingerprint density at radius 2 is 1.14 bits per heavy atom. The zero-order valence-corrected chi connectivity index (χ0v) is 15.3. The lowest BCUT2D eigenvalue weighted by atomic mass is 9.99. The Hall–Kier alpha value is -3.70. The Bertz CT molecular complexity index is 843. The van der Waals surface area contributed by atoms with Crippen molar-refractivity contribution in [3.63, 3.8) is 0 Å². The highest BCUT2D eigenvalue weighted by atomic mass is 16.2. The van der Waals surface area contributed by atoms with E-state index in [1.165, 1.54) is 0 Å². The highest BCUT2D eigenvalue weighted by Gasteiger charge is 2.31. The van der Waals surface area contributed by atoms with Crippen LogP contribution < -0.4 is 21.7 Å². The van der Waals surface area contributed by atoms with Crippen LogP contribution in [0.2, 0.25) is 0 Å². The highest BCUT2D eigenvalue weighted by molar-refractivity contribution is 5.94. The molecule has 4 rings (SSSR count). The molecule has 0 saturated carbocycles. The molecule has 0 aliphatic carbocycles. The van der Waals surface area contributed by atoms with Gasteiger partial charge in [0.15, 0.2) is 0 Å². The van der Waals surface area contributed by atoms with Gasteiger partial charge in [0.1, 0.15) is 0 Å². The van der Waals surface area contributed by atoms with Crippen LogP contribution in [0.4, 0.5) is 0 Å². The number of aromatic nitrogens is 4. The van der Waals surface area contributed by atoms with Crippen LogP contribution in [0.15, 0.2) is 24.5 Å². The first-order valence-electron chi connectivity index (χ1n) is 8.50. The summed E-state index contributed by atoms with van der Waals surface area (Å²) in [6.45, 7) is 0. The van der Waals surface area contributed by atoms with Gasteiger partial charge in [-0.15, -0.1) is 0 Å². The molecule has 0 bridgehead atoms. The molecule has 2 aromatic heterocycles. The van der Waals surface area contributed by atoms with Crippen molar-refractivity contribution in [3.05, 3.63) is 35.9 Å². The Balaban J connectivity index is 0.000000161. The van der Waals surface area contributed by atoms with Crippen LogP contribution in [0.5, 0.6) is 0 Å². The minimum atomic E-state index is -0.434. The van der Waals surface area contributed by atoms with E-state index in [2.05, 4.69) is 31.9 Å². The molecule has 2 unspecified atom stereocenters. The first-order chi connectivity index (χ1) is 13.4. The summed E-state index contributed by atoms with van der Waals surface area (Å²) in [5.41, 5.74) is 10.7. The SMILES string of the molecule is Cn1nccc1C1CC(=O)NNC1=O.Cn1nccc1C1CC(=O)NNC1=O. The molecule has 2 aromatic rings. The molecule has 28 heavy (non-hydrogen) atoms. The standard InChI is InChI=1S/2C8H10N4O2/c2*1-12-6(2-3-9-12)5-4-7(13)10-11-8(5)14/h2*2-3,5H,4H2,1H3,(H,10,13)(H,11,14). The lowest BCUT2D eigenvalue weighted by Crippen LogP contribution is -2.50. The Labute approximate surface area is 159 Å². The predicted octanol–water partition coefficient (Wildman–Crippen LogP) is -1.89. The van der Waals surface area contributed by atoms with E-state index in [4.69, 9.17) is 0 Å². The number of nitrogens with one attached hydrogen (secondary N) is 4. The third kappa shape index (κ3) is 4.00. The second-order valence-corrected chi connectivity index (χ2v) is 6.35. The van der Waals surface area contributed by atoms with Gasteiger partial charge < -0.3 is 0 Å². The van der Waals surface area contributed by atoms with Crippen molar-refractivity contribution in [2.45, 2.75) is 24.7 Å². The lowest BCUT2D eigenvalue weighted by Gasteiger charge is -2.21. The van der Waals surface area contributed by atoms with Gasteiger partial charge in [-0.25, -0.2) is 0 Å². The van der Waals surface area contributed by atoms with E-state index >= 15 is 0 Å². The van der Waals surface area contributed by atoms with Crippen LogP contribution in [0.25, 0.3) is 0 Å². The number of carbonyl (C=O) groups excluding carboxylic acids is 4. The molecule has 4 amide bonds. The first kappa shape index (κ1) is 19.1. The second-order valence-electron chi connectivity index (χ2n) is 6.35. The Morgan fingerprint density at radius 3 is 1.46 bits per heavy atom. The average Bonchev–Trinajstić information content (AvgIpc) is 3.28. The van der Waals surface area contributed by atoms with Crippen LogP contribution in [-0.2, 0) is 33.3 Å². The van der Waals surface area contributed by atoms with Gasteiger partial charge in [0.05, 0.1) is 23.2 Å². The van der Waals surface area contributed by atoms with Gasteiger partial charge in [-0.05, 0) is 12.1 Å². The molecular formula is C16H20N8O4. The fourth-order valence-electron chi connectivity index (χ4n) is 3.02. The van der Waals surface area contributed by atoms with Gasteiger partial charge >= 0.3 is 0 Å². The molecule has 4 N–H and O–H groups in total. The Morgan fingerprint density at radius 1 is 0.750 bits per heavy atom. The van der Waals surface area contributed by atoms with E-state index in [1.807, 2.05) is 0 Å². The zero-order valence-electron chi connectivity index (χ0n) is 15.3. The fourth-order valence-corrected chi connectivity index (χ4v) is 3.02. The summed E-state index contributed by atoms with van der Waals surface area (Å²) in [7, 11) is 3.49. The molecule has 4 heterocycles. The highest BCUT2D eigenvalue weighted by Crippen LogP contribution is 2.21. The molecule has 2 aliphatic heterocycles. The summed E-state index contributed by atoms with van der Waals surface area (Å²) in [4.78, 5) is 45.0. The smallest absolute Gasteiger partial charge is 0.248 e. The maximum Gasteiger partial charge on any atom is 0.248 e. The maximum absolute atomic E-state index is 11.4. The van der Waals surface area contributed by atoms with Crippen LogP contribution in [0.1, 0.15) is 36.1 Å². The molecule has 0 spiro atoms. The summed E-state index contributed by atoms with van der Waals surface area (Å²) in [6.07, 6.45) is 3.56. The van der Waals surface area contributed by atoms with E-state index in [9.17, 15) is 19.2 Å². The summed E-state index contributed by atoms with van der Waals surface area (Å²) in [6, 6.07) is 3.48. The third-order valence-electron chi connectivity index (χ3n) is 4.49. The van der Waals surface area contributed by atoms with Crippen molar-refractivity contribution in [2.24, 2.45) is 14.1 Å².